The van der Waals surface area contributed by atoms with Crippen molar-refractivity contribution >= 4 is 22.3 Å². The maximum Gasteiger partial charge on any atom is 0.416 e. The minimum absolute atomic E-state index is 0.00361. The fourth-order valence-electron chi connectivity index (χ4n) is 5.28. The smallest absolute Gasteiger partial charge is 0.416 e. The highest BCUT2D eigenvalue weighted by molar-refractivity contribution is 7.92. The van der Waals surface area contributed by atoms with Gasteiger partial charge in [-0.25, -0.2) is 23.4 Å². The van der Waals surface area contributed by atoms with E-state index in [1.807, 2.05) is 0 Å². The first-order valence-corrected chi connectivity index (χ1v) is 14.5. The second-order valence-corrected chi connectivity index (χ2v) is 11.4. The summed E-state index contributed by atoms with van der Waals surface area (Å²) in [4.78, 5) is 22.6. The van der Waals surface area contributed by atoms with E-state index in [9.17, 15) is 21.6 Å². The maximum atomic E-state index is 13.3. The highest BCUT2D eigenvalue weighted by Gasteiger charge is 2.38. The molecule has 0 amide bonds. The molecule has 0 bridgehead atoms. The standard InChI is InChI=1S/C26H28F3N5O3S.CH2O2/c27-26(28,29)20-5-3-4-18(14-20)19-6-8-23(22(15-19)34-12-1-2-13-34)37-25-9-7-21(16-31-25)38(35,36)33-24-10-11-30-17-32-24;2-1-3/h3-5,7,9-11,14,16-17,19,22-23H,1-2,6,8,12-13,15H2,(H,30,32,33);1H,(H,2,3)/t19-,22-,23-;/m0./s1. The van der Waals surface area contributed by atoms with E-state index >= 15 is 0 Å². The molecule has 0 unspecified atom stereocenters. The molecule has 41 heavy (non-hydrogen) atoms. The largest absolute Gasteiger partial charge is 0.483 e. The molecule has 14 heteroatoms. The number of likely N-dealkylation sites (tertiary alicyclic amines) is 1. The Kier molecular flexibility index (Phi) is 9.76. The van der Waals surface area contributed by atoms with Crippen LogP contribution in [0.3, 0.4) is 0 Å². The molecular weight excluding hydrogens is 563 g/mol. The number of pyridine rings is 1. The predicted octanol–water partition coefficient (Wildman–Crippen LogP) is 4.57. The molecule has 3 heterocycles. The monoisotopic (exact) mass is 593 g/mol. The number of anilines is 1. The first kappa shape index (κ1) is 30.2. The van der Waals surface area contributed by atoms with Gasteiger partial charge in [-0.1, -0.05) is 18.2 Å². The van der Waals surface area contributed by atoms with Crippen LogP contribution < -0.4 is 9.46 Å². The summed E-state index contributed by atoms with van der Waals surface area (Å²) >= 11 is 0. The molecule has 1 saturated heterocycles. The van der Waals surface area contributed by atoms with Crippen molar-refractivity contribution in [3.05, 3.63) is 72.3 Å². The van der Waals surface area contributed by atoms with Gasteiger partial charge >= 0.3 is 6.18 Å². The Balaban J connectivity index is 0.00000124. The topological polar surface area (TPSA) is 135 Å². The molecule has 1 aliphatic carbocycles. The number of sulfonamides is 1. The number of halogens is 3. The van der Waals surface area contributed by atoms with Crippen LogP contribution in [0.2, 0.25) is 0 Å². The van der Waals surface area contributed by atoms with Crippen LogP contribution in [0.4, 0.5) is 19.0 Å². The summed E-state index contributed by atoms with van der Waals surface area (Å²) in [6.45, 7) is 1.58. The third-order valence-corrected chi connectivity index (χ3v) is 8.50. The molecule has 2 N–H and O–H groups in total. The zero-order valence-electron chi connectivity index (χ0n) is 21.9. The van der Waals surface area contributed by atoms with Crippen LogP contribution in [-0.2, 0) is 21.0 Å². The summed E-state index contributed by atoms with van der Waals surface area (Å²) in [5.74, 6) is 0.445. The Hall–Kier alpha value is -3.78. The Morgan fingerprint density at radius 3 is 2.46 bits per heavy atom. The van der Waals surface area contributed by atoms with Crippen molar-refractivity contribution in [1.82, 2.24) is 19.9 Å². The quantitative estimate of drug-likeness (QED) is 0.378. The number of benzene rings is 1. The van der Waals surface area contributed by atoms with Crippen LogP contribution in [0.25, 0.3) is 0 Å². The highest BCUT2D eigenvalue weighted by atomic mass is 32.2. The van der Waals surface area contributed by atoms with Crippen LogP contribution in [0.1, 0.15) is 49.1 Å². The molecule has 2 aliphatic rings. The second-order valence-electron chi connectivity index (χ2n) is 9.74. The van der Waals surface area contributed by atoms with Crippen molar-refractivity contribution in [3.8, 4) is 5.88 Å². The predicted molar refractivity (Wildman–Crippen MR) is 143 cm³/mol. The summed E-state index contributed by atoms with van der Waals surface area (Å²) in [6, 6.07) is 10.0. The zero-order chi connectivity index (χ0) is 29.5. The molecule has 0 radical (unpaired) electrons. The first-order valence-electron chi connectivity index (χ1n) is 13.0. The third-order valence-electron chi connectivity index (χ3n) is 7.16. The average molecular weight is 594 g/mol. The van der Waals surface area contributed by atoms with Crippen molar-refractivity contribution in [3.63, 3.8) is 0 Å². The Labute approximate surface area is 235 Å². The SMILES string of the molecule is O=CO.O=S(=O)(Nc1ccncn1)c1ccc(O[C@H]2CC[C@H](c3cccc(C(F)(F)F)c3)C[C@@H]2N2CCCC2)nc1. The van der Waals surface area contributed by atoms with E-state index in [4.69, 9.17) is 14.6 Å². The van der Waals surface area contributed by atoms with Gasteiger partial charge < -0.3 is 9.84 Å². The van der Waals surface area contributed by atoms with Crippen molar-refractivity contribution in [2.45, 2.75) is 61.2 Å². The fraction of sp³-hybridized carbons (Fsp3) is 0.407. The van der Waals surface area contributed by atoms with Crippen LogP contribution in [0, 0.1) is 0 Å². The Morgan fingerprint density at radius 1 is 1.07 bits per heavy atom. The highest BCUT2D eigenvalue weighted by Crippen LogP contribution is 2.39. The van der Waals surface area contributed by atoms with Gasteiger partial charge in [0.05, 0.1) is 11.8 Å². The normalized spacial score (nSPS) is 21.4. The van der Waals surface area contributed by atoms with E-state index in [0.717, 1.165) is 32.0 Å². The summed E-state index contributed by atoms with van der Waals surface area (Å²) in [7, 11) is -3.89. The van der Waals surface area contributed by atoms with Gasteiger partial charge in [-0.15, -0.1) is 0 Å². The van der Waals surface area contributed by atoms with E-state index in [0.29, 0.717) is 30.7 Å². The molecule has 1 aliphatic heterocycles. The molecule has 10 nitrogen and oxygen atoms in total. The zero-order valence-corrected chi connectivity index (χ0v) is 22.8. The number of ether oxygens (including phenoxy) is 1. The molecule has 3 atom stereocenters. The van der Waals surface area contributed by atoms with E-state index in [2.05, 4.69) is 24.6 Å². The molecule has 1 saturated carbocycles. The summed E-state index contributed by atoms with van der Waals surface area (Å²) in [5, 5.41) is 6.89. The van der Waals surface area contributed by atoms with Gasteiger partial charge in [-0.05, 0) is 74.9 Å². The molecule has 3 aromatic rings. The van der Waals surface area contributed by atoms with Crippen molar-refractivity contribution in [1.29, 1.82) is 0 Å². The molecule has 1 aromatic carbocycles. The number of nitrogens with one attached hydrogen (secondary N) is 1. The van der Waals surface area contributed by atoms with E-state index in [1.165, 1.54) is 49.1 Å². The van der Waals surface area contributed by atoms with Gasteiger partial charge in [0.2, 0.25) is 5.88 Å². The van der Waals surface area contributed by atoms with E-state index < -0.39 is 21.8 Å². The van der Waals surface area contributed by atoms with Crippen LogP contribution in [0.5, 0.6) is 5.88 Å². The average Bonchev–Trinajstić information content (AvgIpc) is 3.49. The van der Waals surface area contributed by atoms with Gasteiger partial charge in [-0.3, -0.25) is 14.4 Å². The molecule has 2 fully saturated rings. The summed E-state index contributed by atoms with van der Waals surface area (Å²) < 4.78 is 73.8. The van der Waals surface area contributed by atoms with E-state index in [-0.39, 0.29) is 35.2 Å². The Bertz CT molecular complexity index is 1390. The lowest BCUT2D eigenvalue weighted by atomic mass is 9.79. The fourth-order valence-corrected chi connectivity index (χ4v) is 6.24. The van der Waals surface area contributed by atoms with Gasteiger partial charge in [0.1, 0.15) is 23.1 Å². The summed E-state index contributed by atoms with van der Waals surface area (Å²) in [6.07, 6.45) is 3.49. The third kappa shape index (κ3) is 7.91. The van der Waals surface area contributed by atoms with Crippen LogP contribution >= 0.6 is 0 Å². The lowest BCUT2D eigenvalue weighted by Gasteiger charge is -2.41. The van der Waals surface area contributed by atoms with Crippen molar-refractivity contribution < 1.29 is 36.2 Å². The minimum Gasteiger partial charge on any atom is -0.483 e. The van der Waals surface area contributed by atoms with Crippen molar-refractivity contribution in [2.75, 3.05) is 17.8 Å². The number of hydrogen-bond donors (Lipinski definition) is 2. The number of rotatable bonds is 7. The number of carboxylic acid groups (broad SMARTS) is 1. The summed E-state index contributed by atoms with van der Waals surface area (Å²) in [5.41, 5.74) is 0.0749. The lowest BCUT2D eigenvalue weighted by Crippen LogP contribution is -2.48. The number of aromatic nitrogens is 3. The minimum atomic E-state index is -4.37. The van der Waals surface area contributed by atoms with Gasteiger partial charge in [0.15, 0.2) is 0 Å². The molecular formula is C27H30F3N5O5S. The Morgan fingerprint density at radius 2 is 1.83 bits per heavy atom. The molecule has 0 spiro atoms. The number of alkyl halides is 3. The van der Waals surface area contributed by atoms with Gasteiger partial charge in [0, 0.05) is 18.3 Å². The van der Waals surface area contributed by atoms with Gasteiger partial charge in [0.25, 0.3) is 16.5 Å². The number of carbonyl (C=O) groups is 1. The van der Waals surface area contributed by atoms with Crippen LogP contribution in [0.15, 0.2) is 66.1 Å². The second kappa shape index (κ2) is 13.3. The molecule has 2 aromatic heterocycles. The first-order chi connectivity index (χ1) is 19.6. The van der Waals surface area contributed by atoms with Crippen molar-refractivity contribution in [2.24, 2.45) is 0 Å². The molecule has 5 rings (SSSR count). The lowest BCUT2D eigenvalue weighted by molar-refractivity contribution is -0.137. The van der Waals surface area contributed by atoms with Crippen LogP contribution in [-0.4, -0.2) is 65.1 Å². The van der Waals surface area contributed by atoms with E-state index in [1.54, 1.807) is 6.07 Å². The number of nitrogens with zero attached hydrogens (tertiary/aromatic N) is 4. The number of hydrogen-bond acceptors (Lipinski definition) is 8. The maximum absolute atomic E-state index is 13.3. The molecule has 220 valence electrons. The van der Waals surface area contributed by atoms with Gasteiger partial charge in [-0.2, -0.15) is 13.2 Å².